The third kappa shape index (κ3) is 4.12. The second kappa shape index (κ2) is 8.10. The summed E-state index contributed by atoms with van der Waals surface area (Å²) in [7, 11) is 3.16. The summed E-state index contributed by atoms with van der Waals surface area (Å²) >= 11 is 7.60. The van der Waals surface area contributed by atoms with E-state index in [1.165, 1.54) is 24.6 Å². The number of halogens is 1. The van der Waals surface area contributed by atoms with E-state index in [1.54, 1.807) is 19.4 Å². The number of ether oxygens (including phenoxy) is 2. The molecule has 1 aliphatic rings. The smallest absolute Gasteiger partial charge is 0.323 e. The van der Waals surface area contributed by atoms with Crippen LogP contribution in [0.4, 0.5) is 16.2 Å². The Hall–Kier alpha value is -2.49. The lowest BCUT2D eigenvalue weighted by Gasteiger charge is -2.19. The lowest BCUT2D eigenvalue weighted by atomic mass is 10.0. The maximum Gasteiger partial charge on any atom is 0.323 e. The van der Waals surface area contributed by atoms with E-state index in [9.17, 15) is 4.79 Å². The zero-order chi connectivity index (χ0) is 20.5. The molecule has 1 saturated carbocycles. The van der Waals surface area contributed by atoms with Crippen molar-refractivity contribution >= 4 is 50.7 Å². The molecule has 1 aliphatic carbocycles. The highest BCUT2D eigenvalue weighted by molar-refractivity contribution is 7.18. The van der Waals surface area contributed by atoms with Gasteiger partial charge in [-0.1, -0.05) is 22.9 Å². The van der Waals surface area contributed by atoms with Gasteiger partial charge in [0.15, 0.2) is 0 Å². The number of methoxy groups -OCH3 is 2. The number of urea groups is 1. The number of aryl methyl sites for hydroxylation is 1. The molecule has 2 N–H and O–H groups in total. The van der Waals surface area contributed by atoms with Crippen LogP contribution in [0.2, 0.25) is 5.02 Å². The van der Waals surface area contributed by atoms with Crippen molar-refractivity contribution in [2.24, 2.45) is 5.92 Å². The van der Waals surface area contributed by atoms with Crippen molar-refractivity contribution < 1.29 is 14.3 Å². The number of pyridine rings is 2. The van der Waals surface area contributed by atoms with Gasteiger partial charge in [0, 0.05) is 12.7 Å². The Bertz CT molecular complexity index is 1070. The zero-order valence-corrected chi connectivity index (χ0v) is 17.7. The number of amides is 2. The van der Waals surface area contributed by atoms with Gasteiger partial charge in [0.1, 0.15) is 15.4 Å². The van der Waals surface area contributed by atoms with Crippen LogP contribution in [0.1, 0.15) is 29.5 Å². The Morgan fingerprint density at radius 3 is 2.72 bits per heavy atom. The first-order chi connectivity index (χ1) is 14.0. The normalized spacial score (nSPS) is 14.6. The monoisotopic (exact) mass is 433 g/mol. The molecule has 3 aromatic heterocycles. The van der Waals surface area contributed by atoms with Gasteiger partial charge in [0.25, 0.3) is 0 Å². The molecule has 3 heterocycles. The molecular formula is C19H20ClN5O3S. The largest absolute Gasteiger partial charge is 0.480 e. The summed E-state index contributed by atoms with van der Waals surface area (Å²) in [5, 5.41) is 6.82. The number of carbonyl (C=O) groups excluding carboxylic acids is 1. The van der Waals surface area contributed by atoms with Gasteiger partial charge < -0.3 is 20.1 Å². The minimum atomic E-state index is -0.437. The Morgan fingerprint density at radius 2 is 2.07 bits per heavy atom. The van der Waals surface area contributed by atoms with E-state index in [-0.39, 0.29) is 6.10 Å². The van der Waals surface area contributed by atoms with E-state index >= 15 is 0 Å². The van der Waals surface area contributed by atoms with Gasteiger partial charge in [-0.3, -0.25) is 0 Å². The van der Waals surface area contributed by atoms with Gasteiger partial charge >= 0.3 is 6.03 Å². The topological polar surface area (TPSA) is 98.3 Å². The van der Waals surface area contributed by atoms with Crippen molar-refractivity contribution in [2.75, 3.05) is 24.9 Å². The molecule has 29 heavy (non-hydrogen) atoms. The third-order valence-corrected chi connectivity index (χ3v) is 5.82. The van der Waals surface area contributed by atoms with Crippen molar-refractivity contribution in [3.8, 4) is 5.88 Å². The number of hydrogen-bond donors (Lipinski definition) is 2. The quantitative estimate of drug-likeness (QED) is 0.579. The summed E-state index contributed by atoms with van der Waals surface area (Å²) in [5.74, 6) is 0.710. The van der Waals surface area contributed by atoms with Crippen molar-refractivity contribution in [3.63, 3.8) is 0 Å². The average Bonchev–Trinajstić information content (AvgIpc) is 3.44. The second-order valence-electron chi connectivity index (χ2n) is 6.76. The Kier molecular flexibility index (Phi) is 5.53. The lowest BCUT2D eigenvalue weighted by molar-refractivity contribution is 0.0861. The van der Waals surface area contributed by atoms with Gasteiger partial charge in [-0.25, -0.2) is 19.7 Å². The number of thiazole rings is 1. The fraction of sp³-hybridized carbons (Fsp3) is 0.368. The highest BCUT2D eigenvalue weighted by Gasteiger charge is 2.36. The van der Waals surface area contributed by atoms with Crippen LogP contribution in [-0.4, -0.2) is 35.2 Å². The van der Waals surface area contributed by atoms with Crippen molar-refractivity contribution in [2.45, 2.75) is 25.9 Å². The molecule has 0 saturated heterocycles. The fourth-order valence-electron chi connectivity index (χ4n) is 3.26. The van der Waals surface area contributed by atoms with Crippen LogP contribution in [0, 0.1) is 12.8 Å². The second-order valence-corrected chi connectivity index (χ2v) is 8.35. The molecule has 0 aromatic carbocycles. The standard InChI is InChI=1S/C19H20ClN5O3S/c1-9-23-15-14(16(27-2)10-4-5-10)13(8-22-18(15)29-9)25-19(26)24-11-6-12(20)17(28-3)21-7-11/h6-8,10,16H,4-5H2,1-3H3,(H2,24,25,26). The molecule has 1 unspecified atom stereocenters. The molecule has 10 heteroatoms. The highest BCUT2D eigenvalue weighted by Crippen LogP contribution is 2.47. The van der Waals surface area contributed by atoms with Crippen molar-refractivity contribution in [1.29, 1.82) is 0 Å². The molecular weight excluding hydrogens is 414 g/mol. The number of nitrogens with zero attached hydrogens (tertiary/aromatic N) is 3. The van der Waals surface area contributed by atoms with Crippen LogP contribution in [0.5, 0.6) is 5.88 Å². The van der Waals surface area contributed by atoms with Gasteiger partial charge in [-0.05, 0) is 31.7 Å². The molecule has 1 atom stereocenters. The van der Waals surface area contributed by atoms with Gasteiger partial charge in [0.2, 0.25) is 5.88 Å². The number of anilines is 2. The predicted octanol–water partition coefficient (Wildman–Crippen LogP) is 4.80. The van der Waals surface area contributed by atoms with Crippen LogP contribution >= 0.6 is 22.9 Å². The minimum absolute atomic E-state index is 0.144. The number of fused-ring (bicyclic) bond motifs is 1. The molecule has 3 aromatic rings. The van der Waals surface area contributed by atoms with Crippen LogP contribution in [0.25, 0.3) is 10.3 Å². The highest BCUT2D eigenvalue weighted by atomic mass is 35.5. The van der Waals surface area contributed by atoms with Crippen LogP contribution in [0.15, 0.2) is 18.5 Å². The molecule has 8 nitrogen and oxygen atoms in total. The predicted molar refractivity (Wildman–Crippen MR) is 113 cm³/mol. The van der Waals surface area contributed by atoms with Gasteiger partial charge in [0.05, 0.1) is 42.0 Å². The van der Waals surface area contributed by atoms with Crippen LogP contribution in [0.3, 0.4) is 0 Å². The van der Waals surface area contributed by atoms with Crippen molar-refractivity contribution in [1.82, 2.24) is 15.0 Å². The number of aromatic nitrogens is 3. The van der Waals surface area contributed by atoms with Gasteiger partial charge in [-0.2, -0.15) is 0 Å². The van der Waals surface area contributed by atoms with Crippen LogP contribution in [-0.2, 0) is 4.74 Å². The summed E-state index contributed by atoms with van der Waals surface area (Å²) < 4.78 is 10.8. The maximum atomic E-state index is 12.6. The average molecular weight is 434 g/mol. The summed E-state index contributed by atoms with van der Waals surface area (Å²) in [6.45, 7) is 1.94. The number of hydrogen-bond acceptors (Lipinski definition) is 7. The summed E-state index contributed by atoms with van der Waals surface area (Å²) in [4.78, 5) is 26.6. The van der Waals surface area contributed by atoms with E-state index in [0.29, 0.717) is 28.2 Å². The first kappa shape index (κ1) is 19.8. The fourth-order valence-corrected chi connectivity index (χ4v) is 4.28. The van der Waals surface area contributed by atoms with Gasteiger partial charge in [-0.15, -0.1) is 0 Å². The van der Waals surface area contributed by atoms with E-state index in [2.05, 4.69) is 25.6 Å². The zero-order valence-electron chi connectivity index (χ0n) is 16.2. The van der Waals surface area contributed by atoms with E-state index < -0.39 is 6.03 Å². The molecule has 0 spiro atoms. The van der Waals surface area contributed by atoms with E-state index in [0.717, 1.165) is 33.8 Å². The molecule has 0 bridgehead atoms. The molecule has 0 radical (unpaired) electrons. The lowest BCUT2D eigenvalue weighted by Crippen LogP contribution is -2.21. The maximum absolute atomic E-state index is 12.6. The third-order valence-electron chi connectivity index (χ3n) is 4.67. The number of carbonyl (C=O) groups is 1. The molecule has 1 fully saturated rings. The Morgan fingerprint density at radius 1 is 1.28 bits per heavy atom. The summed E-state index contributed by atoms with van der Waals surface area (Å²) in [5.41, 5.74) is 2.66. The number of nitrogens with one attached hydrogen (secondary N) is 2. The van der Waals surface area contributed by atoms with Crippen molar-refractivity contribution in [3.05, 3.63) is 34.1 Å². The summed E-state index contributed by atoms with van der Waals surface area (Å²) in [6, 6.07) is 1.13. The minimum Gasteiger partial charge on any atom is -0.480 e. The Balaban J connectivity index is 1.63. The first-order valence-electron chi connectivity index (χ1n) is 9.06. The first-order valence-corrected chi connectivity index (χ1v) is 10.3. The SMILES string of the molecule is COc1ncc(NC(=O)Nc2cnc3sc(C)nc3c2C(OC)C2CC2)cc1Cl. The van der Waals surface area contributed by atoms with E-state index in [1.807, 2.05) is 6.92 Å². The number of rotatable bonds is 6. The molecule has 152 valence electrons. The van der Waals surface area contributed by atoms with E-state index in [4.69, 9.17) is 21.1 Å². The molecule has 2 amide bonds. The molecule has 4 rings (SSSR count). The Labute approximate surface area is 176 Å². The summed E-state index contributed by atoms with van der Waals surface area (Å²) in [6.07, 6.45) is 5.16. The molecule has 0 aliphatic heterocycles. The van der Waals surface area contributed by atoms with Crippen LogP contribution < -0.4 is 15.4 Å².